The van der Waals surface area contributed by atoms with E-state index in [9.17, 15) is 4.79 Å². The van der Waals surface area contributed by atoms with E-state index in [1.165, 1.54) is 25.7 Å². The number of rotatable bonds is 0. The van der Waals surface area contributed by atoms with Gasteiger partial charge >= 0.3 is 5.97 Å². The van der Waals surface area contributed by atoms with Crippen LogP contribution in [0.5, 0.6) is 0 Å². The van der Waals surface area contributed by atoms with Crippen LogP contribution >= 0.6 is 0 Å². The number of esters is 1. The van der Waals surface area contributed by atoms with Crippen molar-refractivity contribution in [3.8, 4) is 0 Å². The third-order valence-electron chi connectivity index (χ3n) is 5.05. The summed E-state index contributed by atoms with van der Waals surface area (Å²) >= 11 is 0. The van der Waals surface area contributed by atoms with E-state index >= 15 is 0 Å². The number of ether oxygens (including phenoxy) is 1. The Bertz CT molecular complexity index is 359. The highest BCUT2D eigenvalue weighted by Gasteiger charge is 2.81. The molecule has 2 bridgehead atoms. The van der Waals surface area contributed by atoms with Gasteiger partial charge in [0, 0.05) is 5.41 Å². The minimum Gasteiger partial charge on any atom is -0.458 e. The van der Waals surface area contributed by atoms with E-state index in [1.807, 2.05) is 0 Å². The predicted molar refractivity (Wildman–Crippen MR) is 50.5 cm³/mol. The molecular formula is C12H14O2. The molecule has 1 aliphatic heterocycles. The van der Waals surface area contributed by atoms with E-state index in [0.717, 1.165) is 6.42 Å². The van der Waals surface area contributed by atoms with Gasteiger partial charge in [0.2, 0.25) is 0 Å². The molecule has 3 aliphatic carbocycles. The Morgan fingerprint density at radius 1 is 1.36 bits per heavy atom. The predicted octanol–water partition coefficient (Wildman–Crippen LogP) is 2.05. The summed E-state index contributed by atoms with van der Waals surface area (Å²) < 4.78 is 5.39. The van der Waals surface area contributed by atoms with E-state index in [1.54, 1.807) is 0 Å². The van der Waals surface area contributed by atoms with Gasteiger partial charge in [-0.1, -0.05) is 18.9 Å². The molecule has 14 heavy (non-hydrogen) atoms. The average Bonchev–Trinajstić information content (AvgIpc) is 2.83. The molecule has 74 valence electrons. The van der Waals surface area contributed by atoms with Crippen LogP contribution in [0.1, 0.15) is 32.1 Å². The highest BCUT2D eigenvalue weighted by Crippen LogP contribution is 2.81. The smallest absolute Gasteiger partial charge is 0.311 e. The zero-order valence-corrected chi connectivity index (χ0v) is 8.16. The molecule has 3 fully saturated rings. The van der Waals surface area contributed by atoms with E-state index in [4.69, 9.17) is 4.74 Å². The summed E-state index contributed by atoms with van der Waals surface area (Å²) in [5, 5.41) is 0. The van der Waals surface area contributed by atoms with Crippen molar-refractivity contribution in [1.29, 1.82) is 0 Å². The Kier molecular flexibility index (Phi) is 1.03. The first-order chi connectivity index (χ1) is 6.79. The fraction of sp³-hybridized carbons (Fsp3) is 0.750. The molecule has 2 nitrogen and oxygen atoms in total. The highest BCUT2D eigenvalue weighted by atomic mass is 16.5. The van der Waals surface area contributed by atoms with Gasteiger partial charge in [-0.25, -0.2) is 0 Å². The molecule has 1 spiro atoms. The average molecular weight is 190 g/mol. The first-order valence-corrected chi connectivity index (χ1v) is 5.68. The van der Waals surface area contributed by atoms with Crippen molar-refractivity contribution < 1.29 is 9.53 Å². The van der Waals surface area contributed by atoms with Crippen molar-refractivity contribution in [3.05, 3.63) is 12.2 Å². The summed E-state index contributed by atoms with van der Waals surface area (Å²) in [4.78, 5) is 11.8. The maximum absolute atomic E-state index is 11.8. The number of hydrogen-bond acceptors (Lipinski definition) is 2. The molecular weight excluding hydrogens is 176 g/mol. The molecule has 4 rings (SSSR count). The second-order valence-corrected chi connectivity index (χ2v) is 5.38. The van der Waals surface area contributed by atoms with Gasteiger partial charge in [-0.15, -0.1) is 0 Å². The fourth-order valence-electron chi connectivity index (χ4n) is 4.52. The highest BCUT2D eigenvalue weighted by molar-refractivity contribution is 5.82. The molecule has 0 radical (unpaired) electrons. The molecule has 1 saturated heterocycles. The van der Waals surface area contributed by atoms with E-state index < -0.39 is 0 Å². The molecule has 2 heteroatoms. The van der Waals surface area contributed by atoms with Crippen molar-refractivity contribution in [1.82, 2.24) is 0 Å². The molecule has 0 N–H and O–H groups in total. The molecule has 0 aromatic rings. The molecule has 4 atom stereocenters. The zero-order valence-electron chi connectivity index (χ0n) is 8.16. The van der Waals surface area contributed by atoms with Crippen molar-refractivity contribution in [2.75, 3.05) is 0 Å². The van der Waals surface area contributed by atoms with Crippen LogP contribution in [0.15, 0.2) is 12.2 Å². The lowest BCUT2D eigenvalue weighted by molar-refractivity contribution is -0.154. The van der Waals surface area contributed by atoms with Crippen molar-refractivity contribution in [3.63, 3.8) is 0 Å². The molecule has 4 aliphatic rings. The maximum Gasteiger partial charge on any atom is 0.311 e. The Balaban J connectivity index is 1.90. The summed E-state index contributed by atoms with van der Waals surface area (Å²) in [5.41, 5.74) is 0.593. The second kappa shape index (κ2) is 1.93. The minimum atomic E-state index is 0.0909. The lowest BCUT2D eigenvalue weighted by Gasteiger charge is -2.34. The number of allylic oxidation sites excluding steroid dienone is 1. The second-order valence-electron chi connectivity index (χ2n) is 5.38. The first-order valence-electron chi connectivity index (χ1n) is 5.68. The lowest BCUT2D eigenvalue weighted by Crippen LogP contribution is -2.32. The Hall–Kier alpha value is -0.790. The fourth-order valence-corrected chi connectivity index (χ4v) is 4.52. The van der Waals surface area contributed by atoms with Crippen LogP contribution in [0.2, 0.25) is 0 Å². The third-order valence-corrected chi connectivity index (χ3v) is 5.05. The standard InChI is InChI=1S/C12H14O2/c13-10-9-11-4-1-2-5-12(9,11)7-8(14-10)3-6-11/h3,6,8-9H,1-2,4-5,7H2/t8-,9+,11-,12-/m0/s1. The summed E-state index contributed by atoms with van der Waals surface area (Å²) in [6, 6.07) is 0. The quantitative estimate of drug-likeness (QED) is 0.431. The normalized spacial score (nSPS) is 57.6. The molecule has 0 aromatic carbocycles. The van der Waals surface area contributed by atoms with Crippen LogP contribution in [0.25, 0.3) is 0 Å². The van der Waals surface area contributed by atoms with Crippen molar-refractivity contribution in [2.24, 2.45) is 16.7 Å². The molecule has 0 aromatic heterocycles. The van der Waals surface area contributed by atoms with Crippen molar-refractivity contribution in [2.45, 2.75) is 38.2 Å². The van der Waals surface area contributed by atoms with Crippen LogP contribution in [0, 0.1) is 16.7 Å². The summed E-state index contributed by atoms with van der Waals surface area (Å²) in [7, 11) is 0. The third kappa shape index (κ3) is 0.547. The maximum atomic E-state index is 11.8. The first kappa shape index (κ1) is 7.49. The Morgan fingerprint density at radius 3 is 3.14 bits per heavy atom. The Morgan fingerprint density at radius 2 is 2.21 bits per heavy atom. The number of fused-ring (bicyclic) bond motifs is 1. The van der Waals surface area contributed by atoms with Crippen LogP contribution in [-0.4, -0.2) is 12.1 Å². The van der Waals surface area contributed by atoms with Gasteiger partial charge in [0.05, 0.1) is 5.92 Å². The van der Waals surface area contributed by atoms with Gasteiger partial charge in [-0.2, -0.15) is 0 Å². The summed E-state index contributed by atoms with van der Waals surface area (Å²) in [6.45, 7) is 0. The molecule has 1 heterocycles. The number of carbonyl (C=O) groups is 1. The van der Waals surface area contributed by atoms with Gasteiger partial charge in [0.25, 0.3) is 0 Å². The monoisotopic (exact) mass is 190 g/mol. The molecule has 0 amide bonds. The van der Waals surface area contributed by atoms with Gasteiger partial charge in [0.1, 0.15) is 6.10 Å². The molecule has 2 saturated carbocycles. The largest absolute Gasteiger partial charge is 0.458 e. The van der Waals surface area contributed by atoms with Gasteiger partial charge < -0.3 is 4.74 Å². The van der Waals surface area contributed by atoms with Gasteiger partial charge in [-0.3, -0.25) is 4.79 Å². The zero-order chi connectivity index (χ0) is 9.39. The summed E-state index contributed by atoms with van der Waals surface area (Å²) in [6.07, 6.45) is 10.7. The SMILES string of the molecule is O=C1O[C@H]2C=C[C@]34CCCC[C@]3(C2)[C@H]14. The van der Waals surface area contributed by atoms with Gasteiger partial charge in [0.15, 0.2) is 0 Å². The van der Waals surface area contributed by atoms with Crippen LogP contribution < -0.4 is 0 Å². The summed E-state index contributed by atoms with van der Waals surface area (Å²) in [5.74, 6) is 0.320. The van der Waals surface area contributed by atoms with Crippen LogP contribution in [0.4, 0.5) is 0 Å². The minimum absolute atomic E-state index is 0.0909. The van der Waals surface area contributed by atoms with Crippen LogP contribution in [0.3, 0.4) is 0 Å². The van der Waals surface area contributed by atoms with E-state index in [2.05, 4.69) is 12.2 Å². The van der Waals surface area contributed by atoms with E-state index in [0.29, 0.717) is 5.41 Å². The number of hydrogen-bond donors (Lipinski definition) is 0. The Labute approximate surface area is 83.3 Å². The number of carbonyl (C=O) groups excluding carboxylic acids is 1. The molecule has 0 unspecified atom stereocenters. The van der Waals surface area contributed by atoms with E-state index in [-0.39, 0.29) is 23.4 Å². The lowest BCUT2D eigenvalue weighted by atomic mass is 9.73. The van der Waals surface area contributed by atoms with Crippen molar-refractivity contribution >= 4 is 5.97 Å². The van der Waals surface area contributed by atoms with Gasteiger partial charge in [-0.05, 0) is 30.8 Å². The van der Waals surface area contributed by atoms with Crippen LogP contribution in [-0.2, 0) is 9.53 Å². The topological polar surface area (TPSA) is 26.3 Å².